The number of hydrogen-bond acceptors (Lipinski definition) is 3. The molecule has 1 atom stereocenters. The van der Waals surface area contributed by atoms with E-state index in [1.165, 1.54) is 0 Å². The SMILES string of the molecule is COc1cccc(CC(=O)N(C)C(C)CC(N)=S)c1. The lowest BCUT2D eigenvalue weighted by molar-refractivity contribution is -0.130. The van der Waals surface area contributed by atoms with Gasteiger partial charge in [-0.1, -0.05) is 24.4 Å². The second-order valence-electron chi connectivity index (χ2n) is 4.55. The van der Waals surface area contributed by atoms with E-state index in [4.69, 9.17) is 22.7 Å². The molecule has 0 aromatic heterocycles. The van der Waals surface area contributed by atoms with E-state index in [1.807, 2.05) is 31.2 Å². The maximum absolute atomic E-state index is 12.1. The number of methoxy groups -OCH3 is 1. The maximum atomic E-state index is 12.1. The van der Waals surface area contributed by atoms with E-state index in [1.54, 1.807) is 19.1 Å². The number of likely N-dealkylation sites (N-methyl/N-ethyl adjacent to an activating group) is 1. The lowest BCUT2D eigenvalue weighted by atomic mass is 10.1. The monoisotopic (exact) mass is 280 g/mol. The Bertz CT molecular complexity index is 463. The fourth-order valence-electron chi connectivity index (χ4n) is 1.76. The highest BCUT2D eigenvalue weighted by atomic mass is 32.1. The number of ether oxygens (including phenoxy) is 1. The number of benzene rings is 1. The van der Waals surface area contributed by atoms with Crippen molar-refractivity contribution in [2.24, 2.45) is 5.73 Å². The molecular weight excluding hydrogens is 260 g/mol. The Balaban J connectivity index is 2.65. The maximum Gasteiger partial charge on any atom is 0.226 e. The zero-order valence-electron chi connectivity index (χ0n) is 11.6. The lowest BCUT2D eigenvalue weighted by Gasteiger charge is -2.24. The van der Waals surface area contributed by atoms with Gasteiger partial charge in [0.1, 0.15) is 5.75 Å². The molecule has 2 N–H and O–H groups in total. The van der Waals surface area contributed by atoms with Crippen LogP contribution in [0.4, 0.5) is 0 Å². The number of amides is 1. The first-order chi connectivity index (χ1) is 8.93. The van der Waals surface area contributed by atoms with Crippen molar-refractivity contribution >= 4 is 23.1 Å². The molecule has 0 fully saturated rings. The van der Waals surface area contributed by atoms with Crippen molar-refractivity contribution in [1.29, 1.82) is 0 Å². The van der Waals surface area contributed by atoms with E-state index in [-0.39, 0.29) is 11.9 Å². The molecule has 4 nitrogen and oxygen atoms in total. The van der Waals surface area contributed by atoms with Gasteiger partial charge in [0.25, 0.3) is 0 Å². The van der Waals surface area contributed by atoms with Crippen LogP contribution >= 0.6 is 12.2 Å². The minimum atomic E-state index is 0.00982. The van der Waals surface area contributed by atoms with E-state index in [0.29, 0.717) is 17.8 Å². The third-order valence-corrected chi connectivity index (χ3v) is 3.21. The standard InChI is InChI=1S/C14H20N2O2S/c1-10(7-13(15)19)16(2)14(17)9-11-5-4-6-12(8-11)18-3/h4-6,8,10H,7,9H2,1-3H3,(H2,15,19). The summed E-state index contributed by atoms with van der Waals surface area (Å²) in [5.41, 5.74) is 6.43. The quantitative estimate of drug-likeness (QED) is 0.807. The Morgan fingerprint density at radius 3 is 2.79 bits per heavy atom. The summed E-state index contributed by atoms with van der Waals surface area (Å²) >= 11 is 4.86. The number of carbonyl (C=O) groups excluding carboxylic acids is 1. The molecule has 5 heteroatoms. The normalized spacial score (nSPS) is 11.7. The van der Waals surface area contributed by atoms with E-state index in [2.05, 4.69) is 0 Å². The molecule has 1 aromatic carbocycles. The highest BCUT2D eigenvalue weighted by molar-refractivity contribution is 7.80. The average molecular weight is 280 g/mol. The predicted octanol–water partition coefficient (Wildman–Crippen LogP) is 1.76. The molecule has 0 spiro atoms. The Labute approximate surface area is 119 Å². The Kier molecular flexibility index (Phi) is 5.76. The number of nitrogens with zero attached hydrogens (tertiary/aromatic N) is 1. The first kappa shape index (κ1) is 15.4. The molecule has 0 saturated carbocycles. The van der Waals surface area contributed by atoms with E-state index < -0.39 is 0 Å². The highest BCUT2D eigenvalue weighted by Gasteiger charge is 2.16. The van der Waals surface area contributed by atoms with E-state index >= 15 is 0 Å². The molecule has 0 bridgehead atoms. The molecule has 0 aliphatic rings. The molecule has 104 valence electrons. The summed E-state index contributed by atoms with van der Waals surface area (Å²) in [7, 11) is 3.38. The minimum Gasteiger partial charge on any atom is -0.497 e. The average Bonchev–Trinajstić information content (AvgIpc) is 2.37. The van der Waals surface area contributed by atoms with Gasteiger partial charge in [-0.3, -0.25) is 4.79 Å². The summed E-state index contributed by atoms with van der Waals surface area (Å²) in [5, 5.41) is 0. The zero-order chi connectivity index (χ0) is 14.4. The summed E-state index contributed by atoms with van der Waals surface area (Å²) in [6.07, 6.45) is 0.880. The van der Waals surface area contributed by atoms with Crippen molar-refractivity contribution < 1.29 is 9.53 Å². The van der Waals surface area contributed by atoms with Crippen LogP contribution in [0.15, 0.2) is 24.3 Å². The Hall–Kier alpha value is -1.62. The van der Waals surface area contributed by atoms with Gasteiger partial charge in [0.15, 0.2) is 0 Å². The van der Waals surface area contributed by atoms with Gasteiger partial charge < -0.3 is 15.4 Å². The molecule has 0 radical (unpaired) electrons. The van der Waals surface area contributed by atoms with Crippen LogP contribution in [0, 0.1) is 0 Å². The fourth-order valence-corrected chi connectivity index (χ4v) is 2.00. The first-order valence-electron chi connectivity index (χ1n) is 6.11. The van der Waals surface area contributed by atoms with Crippen LogP contribution in [-0.4, -0.2) is 36.0 Å². The van der Waals surface area contributed by atoms with Crippen LogP contribution in [0.2, 0.25) is 0 Å². The number of rotatable bonds is 6. The molecule has 0 aliphatic heterocycles. The first-order valence-corrected chi connectivity index (χ1v) is 6.51. The van der Waals surface area contributed by atoms with Gasteiger partial charge in [-0.2, -0.15) is 0 Å². The predicted molar refractivity (Wildman–Crippen MR) is 80.3 cm³/mol. The molecule has 19 heavy (non-hydrogen) atoms. The number of thiocarbonyl (C=S) groups is 1. The molecule has 1 amide bonds. The number of nitrogens with two attached hydrogens (primary N) is 1. The summed E-state index contributed by atoms with van der Waals surface area (Å²) in [6, 6.07) is 7.51. The van der Waals surface area contributed by atoms with Crippen LogP contribution in [0.3, 0.4) is 0 Å². The summed E-state index contributed by atoms with van der Waals surface area (Å²) in [4.78, 5) is 14.2. The molecular formula is C14H20N2O2S. The Morgan fingerprint density at radius 1 is 1.53 bits per heavy atom. The zero-order valence-corrected chi connectivity index (χ0v) is 12.4. The fraction of sp³-hybridized carbons (Fsp3) is 0.429. The van der Waals surface area contributed by atoms with Crippen LogP contribution in [0.1, 0.15) is 18.9 Å². The van der Waals surface area contributed by atoms with Gasteiger partial charge in [-0.05, 0) is 24.6 Å². The summed E-state index contributed by atoms with van der Waals surface area (Å²) in [5.74, 6) is 0.793. The second kappa shape index (κ2) is 7.09. The third-order valence-electron chi connectivity index (χ3n) is 3.04. The van der Waals surface area contributed by atoms with E-state index in [0.717, 1.165) is 11.3 Å². The minimum absolute atomic E-state index is 0.00982. The van der Waals surface area contributed by atoms with Gasteiger partial charge in [-0.15, -0.1) is 0 Å². The van der Waals surface area contributed by atoms with Gasteiger partial charge in [0.2, 0.25) is 5.91 Å². The van der Waals surface area contributed by atoms with Crippen molar-refractivity contribution in [2.75, 3.05) is 14.2 Å². The van der Waals surface area contributed by atoms with Gasteiger partial charge >= 0.3 is 0 Å². The molecule has 0 saturated heterocycles. The molecule has 0 heterocycles. The van der Waals surface area contributed by atoms with Crippen LogP contribution in [0.25, 0.3) is 0 Å². The van der Waals surface area contributed by atoms with Crippen molar-refractivity contribution in [3.05, 3.63) is 29.8 Å². The summed E-state index contributed by atoms with van der Waals surface area (Å²) < 4.78 is 5.14. The molecule has 0 aliphatic carbocycles. The van der Waals surface area contributed by atoms with E-state index in [9.17, 15) is 4.79 Å². The van der Waals surface area contributed by atoms with Crippen molar-refractivity contribution in [1.82, 2.24) is 4.90 Å². The van der Waals surface area contributed by atoms with Gasteiger partial charge in [0.05, 0.1) is 18.5 Å². The molecule has 1 rings (SSSR count). The number of hydrogen-bond donors (Lipinski definition) is 1. The second-order valence-corrected chi connectivity index (χ2v) is 5.08. The van der Waals surface area contributed by atoms with Crippen molar-refractivity contribution in [2.45, 2.75) is 25.8 Å². The van der Waals surface area contributed by atoms with Gasteiger partial charge in [-0.25, -0.2) is 0 Å². The molecule has 1 aromatic rings. The van der Waals surface area contributed by atoms with Crippen LogP contribution < -0.4 is 10.5 Å². The lowest BCUT2D eigenvalue weighted by Crippen LogP contribution is -2.38. The smallest absolute Gasteiger partial charge is 0.226 e. The molecule has 1 unspecified atom stereocenters. The van der Waals surface area contributed by atoms with Crippen LogP contribution in [-0.2, 0) is 11.2 Å². The van der Waals surface area contributed by atoms with Crippen LogP contribution in [0.5, 0.6) is 5.75 Å². The third kappa shape index (κ3) is 4.87. The highest BCUT2D eigenvalue weighted by Crippen LogP contribution is 2.14. The van der Waals surface area contributed by atoms with Crippen molar-refractivity contribution in [3.8, 4) is 5.75 Å². The largest absolute Gasteiger partial charge is 0.497 e. The Morgan fingerprint density at radius 2 is 2.21 bits per heavy atom. The van der Waals surface area contributed by atoms with Crippen molar-refractivity contribution in [3.63, 3.8) is 0 Å². The number of carbonyl (C=O) groups is 1. The topological polar surface area (TPSA) is 55.6 Å². The summed E-state index contributed by atoms with van der Waals surface area (Å²) in [6.45, 7) is 1.93. The van der Waals surface area contributed by atoms with Gasteiger partial charge in [0, 0.05) is 19.5 Å².